The summed E-state index contributed by atoms with van der Waals surface area (Å²) in [7, 11) is -9.19. The average molecular weight is 1390 g/mol. The topological polar surface area (TPSA) is 372 Å². The summed E-state index contributed by atoms with van der Waals surface area (Å²) in [5.41, 5.74) is 3.08. The van der Waals surface area contributed by atoms with Crippen LogP contribution >= 0.6 is 34.4 Å². The van der Waals surface area contributed by atoms with Crippen molar-refractivity contribution in [3.05, 3.63) is 100 Å². The van der Waals surface area contributed by atoms with Crippen LogP contribution in [0.3, 0.4) is 0 Å². The molecule has 3 aromatic heterocycles. The van der Waals surface area contributed by atoms with Gasteiger partial charge in [-0.3, -0.25) is 28.3 Å². The number of anilines is 10. The van der Waals surface area contributed by atoms with Crippen molar-refractivity contribution in [2.75, 3.05) is 106 Å². The van der Waals surface area contributed by atoms with Crippen molar-refractivity contribution in [1.29, 1.82) is 0 Å². The van der Waals surface area contributed by atoms with E-state index in [1.807, 2.05) is 56.9 Å². The second kappa shape index (κ2) is 32.2. The van der Waals surface area contributed by atoms with E-state index in [1.54, 1.807) is 12.1 Å². The van der Waals surface area contributed by atoms with Crippen molar-refractivity contribution < 1.29 is 50.2 Å². The predicted octanol–water partition coefficient (Wildman–Crippen LogP) is 12.3. The number of carbonyl (C=O) groups excluding carboxylic acids is 4. The molecule has 9 rings (SSSR count). The number of hydrogen-bond acceptors (Lipinski definition) is 27. The number of aliphatic hydroxyl groups is 1. The summed E-state index contributed by atoms with van der Waals surface area (Å²) in [6.07, 6.45) is 6.90. The molecule has 0 radical (unpaired) electrons. The van der Waals surface area contributed by atoms with Gasteiger partial charge in [0.05, 0.1) is 43.1 Å². The first-order valence-electron chi connectivity index (χ1n) is 30.7. The van der Waals surface area contributed by atoms with Gasteiger partial charge in [0, 0.05) is 80.9 Å². The Kier molecular flexibility index (Phi) is 23.9. The van der Waals surface area contributed by atoms with E-state index in [2.05, 4.69) is 46.2 Å². The first-order valence-corrected chi connectivity index (χ1v) is 36.2. The fraction of sp³-hybridized carbons (Fsp3) is 0.371. The Bertz CT molecular complexity index is 4280. The molecule has 2 amide bonds. The number of aliphatic hydroxyl groups excluding tert-OH is 1. The maximum atomic E-state index is 14.1. The third-order valence-corrected chi connectivity index (χ3v) is 19.7. The number of amides is 2. The minimum Gasteiger partial charge on any atom is -0.396 e. The summed E-state index contributed by atoms with van der Waals surface area (Å²) in [5.74, 6) is -2.69. The fourth-order valence-electron chi connectivity index (χ4n) is 10.6. The number of azo groups is 2. The minimum atomic E-state index is -4.60. The first-order chi connectivity index (χ1) is 45.5. The predicted molar refractivity (Wildman–Crippen MR) is 371 cm³/mol. The van der Waals surface area contributed by atoms with Gasteiger partial charge in [0.25, 0.3) is 26.1 Å². The van der Waals surface area contributed by atoms with Crippen molar-refractivity contribution in [2.45, 2.75) is 101 Å². The van der Waals surface area contributed by atoms with Crippen molar-refractivity contribution in [2.24, 2.45) is 20.5 Å². The zero-order valence-corrected chi connectivity index (χ0v) is 57.1. The molecule has 0 saturated carbocycles. The van der Waals surface area contributed by atoms with Crippen LogP contribution in [0.2, 0.25) is 0 Å². The van der Waals surface area contributed by atoms with Crippen LogP contribution in [0.4, 0.5) is 79.3 Å². The molecule has 2 saturated heterocycles. The van der Waals surface area contributed by atoms with E-state index in [4.69, 9.17) is 35.1 Å². The SMILES string of the molecule is CCN(CC)c1ccc(N=Nc2nc(N3CCCCC3)c(/C=C(\C(C)=O)C(=O)Nc3cccc(S(=O)(=O)O)c3)s2)c(Nc2nc(Nc3cc(N(CC)CC)ccc3N=Nc3nc(N4CCCCC4)c(C(C(C)=O)C(=O)Nc4cccc(S(=O)(=O)O)c4)s3)nc(SCCO)n2)c1. The van der Waals surface area contributed by atoms with Crippen LogP contribution in [-0.2, 0) is 39.4 Å². The van der Waals surface area contributed by atoms with Gasteiger partial charge in [0.15, 0.2) is 10.9 Å². The van der Waals surface area contributed by atoms with Crippen molar-refractivity contribution in [3.8, 4) is 0 Å². The summed E-state index contributed by atoms with van der Waals surface area (Å²) in [6.45, 7) is 15.7. The Labute approximate surface area is 562 Å². The van der Waals surface area contributed by atoms with Gasteiger partial charge in [-0.1, -0.05) is 46.6 Å². The number of ketones is 2. The molecule has 33 heteroatoms. The number of Topliss-reactive ketones (excluding diaryl/α,β-unsaturated/α-hetero) is 2. The molecular formula is C62H73N17O11S5. The quantitative estimate of drug-likeness (QED) is 0.00572. The molecule has 502 valence electrons. The van der Waals surface area contributed by atoms with E-state index in [-0.39, 0.29) is 56.6 Å². The molecule has 0 aliphatic carbocycles. The molecule has 4 aromatic carbocycles. The summed E-state index contributed by atoms with van der Waals surface area (Å²) >= 11 is 3.32. The highest BCUT2D eigenvalue weighted by Gasteiger charge is 2.34. The summed E-state index contributed by atoms with van der Waals surface area (Å²) in [5, 5.41) is 41.2. The second-order valence-corrected chi connectivity index (χ2v) is 27.7. The molecule has 7 N–H and O–H groups in total. The highest BCUT2D eigenvalue weighted by molar-refractivity contribution is 7.99. The fourth-order valence-corrected chi connectivity index (χ4v) is 14.1. The summed E-state index contributed by atoms with van der Waals surface area (Å²) < 4.78 is 67.0. The third-order valence-electron chi connectivity index (χ3n) is 15.3. The molecule has 1 atom stereocenters. The van der Waals surface area contributed by atoms with Crippen LogP contribution in [0.25, 0.3) is 6.08 Å². The Hall–Kier alpha value is -8.70. The number of aromatic nitrogens is 5. The Morgan fingerprint density at radius 3 is 1.58 bits per heavy atom. The molecule has 2 fully saturated rings. The largest absolute Gasteiger partial charge is 0.396 e. The molecule has 7 aromatic rings. The molecule has 0 bridgehead atoms. The number of benzene rings is 4. The highest BCUT2D eigenvalue weighted by Crippen LogP contribution is 2.43. The molecular weight excluding hydrogens is 1320 g/mol. The number of nitrogens with zero attached hydrogens (tertiary/aromatic N) is 13. The van der Waals surface area contributed by atoms with Crippen LogP contribution in [0.15, 0.2) is 126 Å². The van der Waals surface area contributed by atoms with Crippen molar-refractivity contribution in [3.63, 3.8) is 0 Å². The highest BCUT2D eigenvalue weighted by atomic mass is 32.2. The first kappa shape index (κ1) is 70.6. The lowest BCUT2D eigenvalue weighted by molar-refractivity contribution is -0.126. The Morgan fingerprint density at radius 2 is 1.11 bits per heavy atom. The van der Waals surface area contributed by atoms with E-state index in [0.717, 1.165) is 84.7 Å². The van der Waals surface area contributed by atoms with E-state index in [1.165, 1.54) is 68.1 Å². The lowest BCUT2D eigenvalue weighted by Gasteiger charge is -2.28. The van der Waals surface area contributed by atoms with Gasteiger partial charge < -0.3 is 46.0 Å². The van der Waals surface area contributed by atoms with Gasteiger partial charge >= 0.3 is 0 Å². The number of nitrogens with one attached hydrogen (secondary N) is 4. The second-order valence-electron chi connectivity index (χ2n) is 21.8. The van der Waals surface area contributed by atoms with Gasteiger partial charge in [-0.2, -0.15) is 41.8 Å². The van der Waals surface area contributed by atoms with Crippen LogP contribution in [0.5, 0.6) is 0 Å². The monoisotopic (exact) mass is 1390 g/mol. The third kappa shape index (κ3) is 18.4. The molecule has 2 aliphatic heterocycles. The van der Waals surface area contributed by atoms with Crippen molar-refractivity contribution >= 4 is 163 Å². The van der Waals surface area contributed by atoms with Gasteiger partial charge in [0.2, 0.25) is 28.1 Å². The molecule has 2 aliphatic rings. The van der Waals surface area contributed by atoms with Gasteiger partial charge in [-0.05, 0) is 159 Å². The molecule has 95 heavy (non-hydrogen) atoms. The lowest BCUT2D eigenvalue weighted by Crippen LogP contribution is -2.32. The average Bonchev–Trinajstić information content (AvgIpc) is 1.65. The van der Waals surface area contributed by atoms with E-state index in [9.17, 15) is 50.2 Å². The van der Waals surface area contributed by atoms with Gasteiger partial charge in [-0.15, -0.1) is 20.5 Å². The van der Waals surface area contributed by atoms with Gasteiger partial charge in [0.1, 0.15) is 34.7 Å². The number of carbonyl (C=O) groups is 4. The number of hydrogen-bond donors (Lipinski definition) is 7. The standard InChI is InChI=1S/C62H73N17O11S5/c1-7-76(8-2)42-23-25-47(72-74-61-67-54(78-27-13-11-14-28-78)51(92-61)37-46(38(5)81)56(83)63-40-19-17-21-44(33-40)94(85,86)87)49(35-42)65-58-69-59(71-60(70-58)91-32-31-80)66-50-36-43(77(9-3)10-4)24-26-48(50)73-75-62-68-55(79-29-15-12-16-30-79)53(93-62)52(39(6)82)57(84)64-41-20-18-22-45(34-41)95(88,89)90/h17-26,33-37,52,80H,7-16,27-32H2,1-6H3,(H,63,83)(H,64,84)(H,85,86,87)(H,88,89,90)(H2,65,66,69,70,71)/b46-37+,74-72?,75-73?. The van der Waals surface area contributed by atoms with E-state index >= 15 is 0 Å². The number of piperidine rings is 2. The maximum Gasteiger partial charge on any atom is 0.294 e. The van der Waals surface area contributed by atoms with Crippen LogP contribution in [-0.4, -0.2) is 144 Å². The molecule has 1 unspecified atom stereocenters. The molecule has 28 nitrogen and oxygen atoms in total. The summed E-state index contributed by atoms with van der Waals surface area (Å²) in [6, 6.07) is 21.2. The number of thiazole rings is 2. The smallest absolute Gasteiger partial charge is 0.294 e. The van der Waals surface area contributed by atoms with Crippen LogP contribution < -0.4 is 40.9 Å². The van der Waals surface area contributed by atoms with Crippen molar-refractivity contribution in [1.82, 2.24) is 24.9 Å². The van der Waals surface area contributed by atoms with E-state index < -0.39 is 59.3 Å². The summed E-state index contributed by atoms with van der Waals surface area (Å²) in [4.78, 5) is 87.0. The van der Waals surface area contributed by atoms with Crippen LogP contribution in [0.1, 0.15) is 95.7 Å². The Balaban J connectivity index is 1.06. The molecule has 0 spiro atoms. The zero-order chi connectivity index (χ0) is 68.0. The minimum absolute atomic E-state index is 0.0392. The number of thioether (sulfide) groups is 1. The lowest BCUT2D eigenvalue weighted by atomic mass is 10.0. The zero-order valence-electron chi connectivity index (χ0n) is 53.0. The maximum absolute atomic E-state index is 14.1. The molecule has 5 heterocycles. The normalized spacial score (nSPS) is 14.3. The van der Waals surface area contributed by atoms with E-state index in [0.29, 0.717) is 96.5 Å². The number of rotatable bonds is 29. The Morgan fingerprint density at radius 1 is 0.621 bits per heavy atom. The van der Waals surface area contributed by atoms with Gasteiger partial charge in [-0.25, -0.2) is 0 Å². The van der Waals surface area contributed by atoms with Crippen LogP contribution in [0, 0.1) is 0 Å².